The number of ether oxygens (including phenoxy) is 3. The van der Waals surface area contributed by atoms with Crippen LogP contribution in [0.1, 0.15) is 30.1 Å². The molecule has 0 atom stereocenters. The largest absolute Gasteiger partial charge is 0.493 e. The highest BCUT2D eigenvalue weighted by molar-refractivity contribution is 5.96. The molecule has 0 fully saturated rings. The van der Waals surface area contributed by atoms with Crippen molar-refractivity contribution < 1.29 is 28.2 Å². The van der Waals surface area contributed by atoms with E-state index in [9.17, 15) is 14.0 Å². The normalized spacial score (nSPS) is 10.1. The van der Waals surface area contributed by atoms with Gasteiger partial charge >= 0.3 is 0 Å². The van der Waals surface area contributed by atoms with Crippen LogP contribution in [-0.4, -0.2) is 32.1 Å². The predicted molar refractivity (Wildman–Crippen MR) is 101 cm³/mol. The Kier molecular flexibility index (Phi) is 8.08. The van der Waals surface area contributed by atoms with Crippen LogP contribution >= 0.6 is 0 Å². The van der Waals surface area contributed by atoms with Gasteiger partial charge in [-0.25, -0.2) is 4.39 Å². The topological polar surface area (TPSA) is 85.9 Å². The summed E-state index contributed by atoms with van der Waals surface area (Å²) in [6.45, 7) is 2.16. The summed E-state index contributed by atoms with van der Waals surface area (Å²) in [6, 6.07) is 10.4. The fourth-order valence-corrected chi connectivity index (χ4v) is 2.19. The van der Waals surface area contributed by atoms with Crippen molar-refractivity contribution in [1.82, 2.24) is 10.9 Å². The van der Waals surface area contributed by atoms with Gasteiger partial charge in [-0.1, -0.05) is 25.5 Å². The molecule has 7 nitrogen and oxygen atoms in total. The third-order valence-electron chi connectivity index (χ3n) is 3.69. The van der Waals surface area contributed by atoms with Crippen molar-refractivity contribution in [3.8, 4) is 17.2 Å². The molecule has 0 aliphatic carbocycles. The molecule has 2 rings (SSSR count). The van der Waals surface area contributed by atoms with Gasteiger partial charge in [0.2, 0.25) is 0 Å². The summed E-state index contributed by atoms with van der Waals surface area (Å²) in [5.74, 6) is -0.853. The number of carbonyl (C=O) groups excluding carboxylic acids is 2. The van der Waals surface area contributed by atoms with E-state index in [1.807, 2.05) is 0 Å². The minimum atomic E-state index is -0.636. The Morgan fingerprint density at radius 3 is 2.50 bits per heavy atom. The number of hydrogen-bond donors (Lipinski definition) is 2. The molecule has 0 aliphatic rings. The van der Waals surface area contributed by atoms with E-state index < -0.39 is 24.2 Å². The lowest BCUT2D eigenvalue weighted by Gasteiger charge is -2.12. The van der Waals surface area contributed by atoms with Crippen molar-refractivity contribution in [2.24, 2.45) is 0 Å². The third-order valence-corrected chi connectivity index (χ3v) is 3.69. The molecule has 0 bridgehead atoms. The summed E-state index contributed by atoms with van der Waals surface area (Å²) in [5, 5.41) is 0. The maximum Gasteiger partial charge on any atom is 0.276 e. The van der Waals surface area contributed by atoms with Crippen molar-refractivity contribution in [1.29, 1.82) is 0 Å². The van der Waals surface area contributed by atoms with Crippen LogP contribution in [0.2, 0.25) is 0 Å². The van der Waals surface area contributed by atoms with Gasteiger partial charge in [0.1, 0.15) is 0 Å². The molecule has 0 unspecified atom stereocenters. The highest BCUT2D eigenvalue weighted by Crippen LogP contribution is 2.28. The van der Waals surface area contributed by atoms with Crippen molar-refractivity contribution in [2.75, 3.05) is 20.3 Å². The van der Waals surface area contributed by atoms with Gasteiger partial charge in [0.15, 0.2) is 29.7 Å². The lowest BCUT2D eigenvalue weighted by Crippen LogP contribution is -2.43. The smallest absolute Gasteiger partial charge is 0.276 e. The second-order valence-corrected chi connectivity index (χ2v) is 5.79. The van der Waals surface area contributed by atoms with E-state index in [-0.39, 0.29) is 11.3 Å². The van der Waals surface area contributed by atoms with E-state index in [0.29, 0.717) is 18.1 Å². The van der Waals surface area contributed by atoms with Crippen molar-refractivity contribution in [3.63, 3.8) is 0 Å². The first kappa shape index (κ1) is 21.0. The molecule has 0 heterocycles. The lowest BCUT2D eigenvalue weighted by molar-refractivity contribution is -0.123. The fraction of sp³-hybridized carbons (Fsp3) is 0.300. The number of methoxy groups -OCH3 is 1. The first-order chi connectivity index (χ1) is 13.5. The summed E-state index contributed by atoms with van der Waals surface area (Å²) >= 11 is 0. The lowest BCUT2D eigenvalue weighted by atomic mass is 10.2. The van der Waals surface area contributed by atoms with Crippen LogP contribution in [0.25, 0.3) is 0 Å². The Hall–Kier alpha value is -3.29. The van der Waals surface area contributed by atoms with E-state index in [4.69, 9.17) is 14.2 Å². The quantitative estimate of drug-likeness (QED) is 0.508. The minimum absolute atomic E-state index is 0.0487. The molecule has 150 valence electrons. The minimum Gasteiger partial charge on any atom is -0.493 e. The Balaban J connectivity index is 1.86. The maximum absolute atomic E-state index is 13.4. The fourth-order valence-electron chi connectivity index (χ4n) is 2.19. The van der Waals surface area contributed by atoms with E-state index in [0.717, 1.165) is 12.8 Å². The Labute approximate surface area is 162 Å². The van der Waals surface area contributed by atoms with Crippen molar-refractivity contribution in [3.05, 3.63) is 53.8 Å². The molecule has 0 aromatic heterocycles. The number of hydrazine groups is 1. The number of carbonyl (C=O) groups is 2. The van der Waals surface area contributed by atoms with Gasteiger partial charge in [-0.3, -0.25) is 20.4 Å². The second kappa shape index (κ2) is 10.8. The molecule has 28 heavy (non-hydrogen) atoms. The third kappa shape index (κ3) is 6.15. The predicted octanol–water partition coefficient (Wildman–Crippen LogP) is 2.85. The average Bonchev–Trinajstić information content (AvgIpc) is 2.71. The molecule has 2 amide bonds. The zero-order valence-electron chi connectivity index (χ0n) is 15.8. The number of halogens is 1. The molecule has 2 aromatic rings. The monoisotopic (exact) mass is 390 g/mol. The van der Waals surface area contributed by atoms with Crippen LogP contribution in [0.3, 0.4) is 0 Å². The molecule has 0 saturated heterocycles. The summed E-state index contributed by atoms with van der Waals surface area (Å²) in [5.41, 5.74) is 4.74. The number of hydrogen-bond acceptors (Lipinski definition) is 5. The van der Waals surface area contributed by atoms with E-state index in [2.05, 4.69) is 17.8 Å². The number of unbranched alkanes of at least 4 members (excludes halogenated alkanes) is 1. The Bertz CT molecular complexity index is 813. The van der Waals surface area contributed by atoms with Crippen LogP contribution < -0.4 is 25.1 Å². The van der Waals surface area contributed by atoms with Gasteiger partial charge in [0, 0.05) is 5.56 Å². The molecule has 0 spiro atoms. The average molecular weight is 390 g/mol. The summed E-state index contributed by atoms with van der Waals surface area (Å²) in [6.07, 6.45) is 1.91. The van der Waals surface area contributed by atoms with Gasteiger partial charge in [-0.2, -0.15) is 0 Å². The van der Waals surface area contributed by atoms with Crippen LogP contribution in [0.4, 0.5) is 4.39 Å². The van der Waals surface area contributed by atoms with Crippen LogP contribution in [0.15, 0.2) is 42.5 Å². The number of benzene rings is 2. The van der Waals surface area contributed by atoms with Gasteiger partial charge in [-0.15, -0.1) is 0 Å². The van der Waals surface area contributed by atoms with Gasteiger partial charge in [-0.05, 0) is 36.8 Å². The number of nitrogens with one attached hydrogen (secondary N) is 2. The van der Waals surface area contributed by atoms with E-state index >= 15 is 0 Å². The second-order valence-electron chi connectivity index (χ2n) is 5.79. The van der Waals surface area contributed by atoms with Gasteiger partial charge < -0.3 is 14.2 Å². The zero-order chi connectivity index (χ0) is 20.4. The summed E-state index contributed by atoms with van der Waals surface area (Å²) in [7, 11) is 1.48. The standard InChI is InChI=1S/C20H23FN2O5/c1-3-4-11-27-17-10-9-14(12-18(17)26-2)20(25)23-22-19(24)13-28-16-8-6-5-7-15(16)21/h5-10,12H,3-4,11,13H2,1-2H3,(H,22,24)(H,23,25). The van der Waals surface area contributed by atoms with Crippen molar-refractivity contribution in [2.45, 2.75) is 19.8 Å². The van der Waals surface area contributed by atoms with Crippen molar-refractivity contribution >= 4 is 11.8 Å². The summed E-state index contributed by atoms with van der Waals surface area (Å²) < 4.78 is 29.3. The molecule has 0 aliphatic heterocycles. The Morgan fingerprint density at radius 2 is 1.79 bits per heavy atom. The first-order valence-electron chi connectivity index (χ1n) is 8.82. The van der Waals surface area contributed by atoms with Crippen LogP contribution in [0, 0.1) is 5.82 Å². The molecular formula is C20H23FN2O5. The maximum atomic E-state index is 13.4. The summed E-state index contributed by atoms with van der Waals surface area (Å²) in [4.78, 5) is 24.0. The number of rotatable bonds is 9. The Morgan fingerprint density at radius 1 is 1.00 bits per heavy atom. The molecule has 0 radical (unpaired) electrons. The number of amides is 2. The van der Waals surface area contributed by atoms with Crippen LogP contribution in [0.5, 0.6) is 17.2 Å². The molecule has 0 saturated carbocycles. The van der Waals surface area contributed by atoms with Gasteiger partial charge in [0.25, 0.3) is 11.8 Å². The number of para-hydroxylation sites is 1. The van der Waals surface area contributed by atoms with E-state index in [1.54, 1.807) is 18.2 Å². The SMILES string of the molecule is CCCCOc1ccc(C(=O)NNC(=O)COc2ccccc2F)cc1OC. The van der Waals surface area contributed by atoms with Crippen LogP contribution in [-0.2, 0) is 4.79 Å². The van der Waals surface area contributed by atoms with Gasteiger partial charge in [0.05, 0.1) is 13.7 Å². The van der Waals surface area contributed by atoms with E-state index in [1.165, 1.54) is 31.4 Å². The molecule has 8 heteroatoms. The highest BCUT2D eigenvalue weighted by atomic mass is 19.1. The molecule has 2 N–H and O–H groups in total. The molecular weight excluding hydrogens is 367 g/mol. The zero-order valence-corrected chi connectivity index (χ0v) is 15.8. The highest BCUT2D eigenvalue weighted by Gasteiger charge is 2.13. The first-order valence-corrected chi connectivity index (χ1v) is 8.82. The molecule has 2 aromatic carbocycles.